The summed E-state index contributed by atoms with van der Waals surface area (Å²) < 4.78 is 5.95. The molecule has 0 unspecified atom stereocenters. The van der Waals surface area contributed by atoms with Gasteiger partial charge in [0, 0.05) is 6.92 Å². The highest BCUT2D eigenvalue weighted by atomic mass is 127. The van der Waals surface area contributed by atoms with Crippen LogP contribution in [0.15, 0.2) is 11.6 Å². The van der Waals surface area contributed by atoms with Crippen LogP contribution < -0.4 is 0 Å². The van der Waals surface area contributed by atoms with Gasteiger partial charge in [0.15, 0.2) is 0 Å². The van der Waals surface area contributed by atoms with Crippen LogP contribution in [0.4, 0.5) is 0 Å². The average molecular weight is 282 g/mol. The predicted molar refractivity (Wildman–Crippen MR) is 58.5 cm³/mol. The Labute approximate surface area is 87.5 Å². The Morgan fingerprint density at radius 3 is 2.67 bits per heavy atom. The summed E-state index contributed by atoms with van der Waals surface area (Å²) in [7, 11) is 0. The summed E-state index contributed by atoms with van der Waals surface area (Å²) in [6.45, 7) is 3.91. The van der Waals surface area contributed by atoms with Gasteiger partial charge in [-0.05, 0) is 30.3 Å². The normalized spacial score (nSPS) is 11.4. The first kappa shape index (κ1) is 11.9. The number of rotatable bonds is 5. The fraction of sp³-hybridized carbons (Fsp3) is 0.667. The van der Waals surface area contributed by atoms with Crippen molar-refractivity contribution in [2.45, 2.75) is 26.7 Å². The lowest BCUT2D eigenvalue weighted by atomic mass is 10.2. The molecule has 0 fully saturated rings. The third kappa shape index (κ3) is 8.04. The maximum absolute atomic E-state index is 10.4. The SMILES string of the molecule is CC(=O)OC/C=C(\C)CCCI. The van der Waals surface area contributed by atoms with Crippen molar-refractivity contribution in [1.29, 1.82) is 0 Å². The third-order valence-corrected chi connectivity index (χ3v) is 2.19. The van der Waals surface area contributed by atoms with E-state index in [0.29, 0.717) is 6.61 Å². The fourth-order valence-corrected chi connectivity index (χ4v) is 1.13. The molecule has 0 N–H and O–H groups in total. The number of hydrogen-bond donors (Lipinski definition) is 0. The Morgan fingerprint density at radius 2 is 2.17 bits per heavy atom. The number of carbonyl (C=O) groups is 1. The second-order valence-corrected chi connectivity index (χ2v) is 3.72. The van der Waals surface area contributed by atoms with Gasteiger partial charge in [-0.2, -0.15) is 0 Å². The molecule has 0 aliphatic rings. The van der Waals surface area contributed by atoms with Crippen molar-refractivity contribution in [3.8, 4) is 0 Å². The van der Waals surface area contributed by atoms with Gasteiger partial charge in [-0.3, -0.25) is 4.79 Å². The summed E-state index contributed by atoms with van der Waals surface area (Å²) in [5, 5.41) is 0. The highest BCUT2D eigenvalue weighted by molar-refractivity contribution is 14.1. The van der Waals surface area contributed by atoms with Gasteiger partial charge in [-0.15, -0.1) is 0 Å². The van der Waals surface area contributed by atoms with Crippen molar-refractivity contribution in [1.82, 2.24) is 0 Å². The van der Waals surface area contributed by atoms with Gasteiger partial charge < -0.3 is 4.74 Å². The van der Waals surface area contributed by atoms with Crippen molar-refractivity contribution in [3.05, 3.63) is 11.6 Å². The topological polar surface area (TPSA) is 26.3 Å². The molecule has 0 saturated carbocycles. The summed E-state index contributed by atoms with van der Waals surface area (Å²) in [5.41, 5.74) is 1.30. The van der Waals surface area contributed by atoms with E-state index in [0.717, 1.165) is 6.42 Å². The first-order chi connectivity index (χ1) is 5.66. The van der Waals surface area contributed by atoms with Gasteiger partial charge in [0.1, 0.15) is 6.61 Å². The van der Waals surface area contributed by atoms with E-state index in [1.54, 1.807) is 0 Å². The Morgan fingerprint density at radius 1 is 1.50 bits per heavy atom. The second kappa shape index (κ2) is 7.58. The Bertz CT molecular complexity index is 164. The van der Waals surface area contributed by atoms with Crippen molar-refractivity contribution in [2.24, 2.45) is 0 Å². The molecule has 0 bridgehead atoms. The molecule has 0 aromatic rings. The van der Waals surface area contributed by atoms with E-state index in [1.807, 2.05) is 6.08 Å². The summed E-state index contributed by atoms with van der Waals surface area (Å²) in [4.78, 5) is 10.4. The van der Waals surface area contributed by atoms with Crippen molar-refractivity contribution in [3.63, 3.8) is 0 Å². The molecule has 0 atom stereocenters. The number of carbonyl (C=O) groups excluding carboxylic acids is 1. The molecule has 0 spiro atoms. The molecule has 0 aromatic carbocycles. The minimum absolute atomic E-state index is 0.215. The van der Waals surface area contributed by atoms with Crippen LogP contribution in [-0.2, 0) is 9.53 Å². The van der Waals surface area contributed by atoms with Crippen LogP contribution in [0, 0.1) is 0 Å². The zero-order valence-electron chi connectivity index (χ0n) is 7.60. The van der Waals surface area contributed by atoms with E-state index in [2.05, 4.69) is 29.5 Å². The molecular formula is C9H15IO2. The molecule has 0 rings (SSSR count). The Hall–Kier alpha value is -0.0600. The predicted octanol–water partition coefficient (Wildman–Crippen LogP) is 2.71. The quantitative estimate of drug-likeness (QED) is 0.335. The molecule has 0 aliphatic heterocycles. The van der Waals surface area contributed by atoms with Gasteiger partial charge in [0.05, 0.1) is 0 Å². The van der Waals surface area contributed by atoms with E-state index in [1.165, 1.54) is 23.3 Å². The maximum Gasteiger partial charge on any atom is 0.302 e. The van der Waals surface area contributed by atoms with E-state index in [4.69, 9.17) is 4.74 Å². The molecule has 0 heterocycles. The van der Waals surface area contributed by atoms with Crippen LogP contribution in [0.1, 0.15) is 26.7 Å². The third-order valence-electron chi connectivity index (χ3n) is 1.42. The first-order valence-corrected chi connectivity index (χ1v) is 5.54. The highest BCUT2D eigenvalue weighted by Crippen LogP contribution is 2.05. The molecule has 2 nitrogen and oxygen atoms in total. The minimum Gasteiger partial charge on any atom is -0.462 e. The summed E-state index contributed by atoms with van der Waals surface area (Å²) >= 11 is 2.36. The lowest BCUT2D eigenvalue weighted by molar-refractivity contribution is -0.139. The number of esters is 1. The van der Waals surface area contributed by atoms with Crippen LogP contribution in [0.25, 0.3) is 0 Å². The second-order valence-electron chi connectivity index (χ2n) is 2.65. The lowest BCUT2D eigenvalue weighted by Gasteiger charge is -1.99. The van der Waals surface area contributed by atoms with E-state index in [9.17, 15) is 4.79 Å². The molecule has 0 amide bonds. The van der Waals surface area contributed by atoms with Crippen LogP contribution in [0.3, 0.4) is 0 Å². The van der Waals surface area contributed by atoms with Crippen LogP contribution in [-0.4, -0.2) is 17.0 Å². The van der Waals surface area contributed by atoms with Gasteiger partial charge in [-0.1, -0.05) is 28.2 Å². The van der Waals surface area contributed by atoms with Crippen LogP contribution in [0.2, 0.25) is 0 Å². The number of ether oxygens (including phenoxy) is 1. The fourth-order valence-electron chi connectivity index (χ4n) is 0.749. The van der Waals surface area contributed by atoms with Crippen molar-refractivity contribution in [2.75, 3.05) is 11.0 Å². The summed E-state index contributed by atoms with van der Waals surface area (Å²) in [6, 6.07) is 0. The maximum atomic E-state index is 10.4. The number of halogens is 1. The first-order valence-electron chi connectivity index (χ1n) is 4.01. The summed E-state index contributed by atoms with van der Waals surface area (Å²) in [6.07, 6.45) is 4.26. The molecule has 0 aliphatic carbocycles. The molecule has 0 radical (unpaired) electrons. The smallest absolute Gasteiger partial charge is 0.302 e. The standard InChI is InChI=1S/C9H15IO2/c1-8(4-3-6-10)5-7-12-9(2)11/h5H,3-4,6-7H2,1-2H3/b8-5+. The monoisotopic (exact) mass is 282 g/mol. The van der Waals surface area contributed by atoms with E-state index >= 15 is 0 Å². The molecule has 0 saturated heterocycles. The number of allylic oxidation sites excluding steroid dienone is 1. The van der Waals surface area contributed by atoms with Gasteiger partial charge in [-0.25, -0.2) is 0 Å². The van der Waals surface area contributed by atoms with E-state index < -0.39 is 0 Å². The Balaban J connectivity index is 3.47. The van der Waals surface area contributed by atoms with E-state index in [-0.39, 0.29) is 5.97 Å². The van der Waals surface area contributed by atoms with Crippen LogP contribution >= 0.6 is 22.6 Å². The molecular weight excluding hydrogens is 267 g/mol. The van der Waals surface area contributed by atoms with Gasteiger partial charge in [0.2, 0.25) is 0 Å². The number of hydrogen-bond acceptors (Lipinski definition) is 2. The molecule has 12 heavy (non-hydrogen) atoms. The summed E-state index contributed by atoms with van der Waals surface area (Å²) in [5.74, 6) is -0.215. The molecule has 0 aromatic heterocycles. The van der Waals surface area contributed by atoms with Crippen molar-refractivity contribution >= 4 is 28.6 Å². The average Bonchev–Trinajstić information content (AvgIpc) is 2.00. The Kier molecular flexibility index (Phi) is 7.54. The zero-order chi connectivity index (χ0) is 9.40. The highest BCUT2D eigenvalue weighted by Gasteiger charge is 1.91. The van der Waals surface area contributed by atoms with Gasteiger partial charge in [0.25, 0.3) is 0 Å². The lowest BCUT2D eigenvalue weighted by Crippen LogP contribution is -1.98. The van der Waals surface area contributed by atoms with Crippen LogP contribution in [0.5, 0.6) is 0 Å². The molecule has 70 valence electrons. The molecule has 3 heteroatoms. The van der Waals surface area contributed by atoms with Gasteiger partial charge >= 0.3 is 5.97 Å². The minimum atomic E-state index is -0.215. The van der Waals surface area contributed by atoms with Crippen molar-refractivity contribution < 1.29 is 9.53 Å². The number of alkyl halides is 1. The largest absolute Gasteiger partial charge is 0.462 e. The zero-order valence-corrected chi connectivity index (χ0v) is 9.76.